The van der Waals surface area contributed by atoms with E-state index in [0.717, 1.165) is 25.8 Å². The molecule has 0 spiro atoms. The van der Waals surface area contributed by atoms with E-state index in [-0.39, 0.29) is 5.41 Å². The van der Waals surface area contributed by atoms with Gasteiger partial charge in [-0.25, -0.2) is 0 Å². The SMILES string of the molecule is CC(C)N(C)CCC1(C(N)C(=O)O)CC1. The number of carbonyl (C=O) groups is 1. The molecular weight excluding hydrogens is 192 g/mol. The van der Waals surface area contributed by atoms with E-state index in [1.807, 2.05) is 0 Å². The smallest absolute Gasteiger partial charge is 0.321 e. The number of carboxylic acids is 1. The zero-order valence-electron chi connectivity index (χ0n) is 9.86. The summed E-state index contributed by atoms with van der Waals surface area (Å²) in [6.45, 7) is 5.20. The molecule has 1 aliphatic rings. The molecule has 0 aliphatic heterocycles. The molecule has 4 heteroatoms. The van der Waals surface area contributed by atoms with Crippen LogP contribution in [0.2, 0.25) is 0 Å². The van der Waals surface area contributed by atoms with E-state index >= 15 is 0 Å². The molecule has 88 valence electrons. The summed E-state index contributed by atoms with van der Waals surface area (Å²) in [7, 11) is 2.06. The Balaban J connectivity index is 2.41. The zero-order valence-corrected chi connectivity index (χ0v) is 9.86. The van der Waals surface area contributed by atoms with E-state index in [4.69, 9.17) is 10.8 Å². The molecule has 1 aliphatic carbocycles. The lowest BCUT2D eigenvalue weighted by molar-refractivity contribution is -0.140. The molecule has 0 saturated heterocycles. The van der Waals surface area contributed by atoms with E-state index in [9.17, 15) is 4.79 Å². The molecule has 0 aromatic carbocycles. The van der Waals surface area contributed by atoms with Crippen LogP contribution in [0.3, 0.4) is 0 Å². The van der Waals surface area contributed by atoms with Crippen LogP contribution in [-0.2, 0) is 4.79 Å². The molecule has 15 heavy (non-hydrogen) atoms. The summed E-state index contributed by atoms with van der Waals surface area (Å²) >= 11 is 0. The van der Waals surface area contributed by atoms with Gasteiger partial charge in [-0.05, 0) is 52.1 Å². The lowest BCUT2D eigenvalue weighted by Gasteiger charge is -2.26. The number of nitrogens with two attached hydrogens (primary N) is 1. The normalized spacial score (nSPS) is 20.7. The van der Waals surface area contributed by atoms with E-state index in [0.29, 0.717) is 6.04 Å². The van der Waals surface area contributed by atoms with Crippen LogP contribution in [0.15, 0.2) is 0 Å². The van der Waals surface area contributed by atoms with Gasteiger partial charge in [0, 0.05) is 6.04 Å². The summed E-state index contributed by atoms with van der Waals surface area (Å²) in [5.74, 6) is -0.861. The summed E-state index contributed by atoms with van der Waals surface area (Å²) in [4.78, 5) is 13.1. The lowest BCUT2D eigenvalue weighted by atomic mass is 9.93. The molecule has 1 fully saturated rings. The van der Waals surface area contributed by atoms with Crippen LogP contribution < -0.4 is 5.73 Å². The van der Waals surface area contributed by atoms with Crippen molar-refractivity contribution in [1.82, 2.24) is 4.90 Å². The molecule has 0 aromatic heterocycles. The first-order valence-electron chi connectivity index (χ1n) is 5.58. The highest BCUT2D eigenvalue weighted by atomic mass is 16.4. The molecule has 3 N–H and O–H groups in total. The lowest BCUT2D eigenvalue weighted by Crippen LogP contribution is -2.41. The summed E-state index contributed by atoms with van der Waals surface area (Å²) < 4.78 is 0. The Morgan fingerprint density at radius 3 is 2.40 bits per heavy atom. The van der Waals surface area contributed by atoms with Gasteiger partial charge in [0.05, 0.1) is 0 Å². The van der Waals surface area contributed by atoms with E-state index in [2.05, 4.69) is 25.8 Å². The van der Waals surface area contributed by atoms with E-state index in [1.165, 1.54) is 0 Å². The van der Waals surface area contributed by atoms with Crippen molar-refractivity contribution in [1.29, 1.82) is 0 Å². The van der Waals surface area contributed by atoms with E-state index in [1.54, 1.807) is 0 Å². The highest BCUT2D eigenvalue weighted by molar-refractivity contribution is 5.75. The Morgan fingerprint density at radius 2 is 2.07 bits per heavy atom. The van der Waals surface area contributed by atoms with Crippen LogP contribution in [-0.4, -0.2) is 41.7 Å². The van der Waals surface area contributed by atoms with Gasteiger partial charge in [-0.15, -0.1) is 0 Å². The molecule has 0 heterocycles. The highest BCUT2D eigenvalue weighted by Gasteiger charge is 2.50. The van der Waals surface area contributed by atoms with Crippen molar-refractivity contribution in [2.75, 3.05) is 13.6 Å². The largest absolute Gasteiger partial charge is 0.480 e. The molecule has 0 radical (unpaired) electrons. The third-order valence-electron chi connectivity index (χ3n) is 3.66. The first kappa shape index (κ1) is 12.5. The molecule has 4 nitrogen and oxygen atoms in total. The van der Waals surface area contributed by atoms with Crippen molar-refractivity contribution in [2.24, 2.45) is 11.1 Å². The Labute approximate surface area is 91.4 Å². The minimum Gasteiger partial charge on any atom is -0.480 e. The average molecular weight is 214 g/mol. The van der Waals surface area contributed by atoms with Crippen molar-refractivity contribution >= 4 is 5.97 Å². The van der Waals surface area contributed by atoms with Gasteiger partial charge in [0.2, 0.25) is 0 Å². The fraction of sp³-hybridized carbons (Fsp3) is 0.909. The number of carboxylic acid groups (broad SMARTS) is 1. The van der Waals surface area contributed by atoms with Crippen LogP contribution in [0.4, 0.5) is 0 Å². The Morgan fingerprint density at radius 1 is 1.53 bits per heavy atom. The van der Waals surface area contributed by atoms with Crippen LogP contribution in [0.5, 0.6) is 0 Å². The number of hydrogen-bond acceptors (Lipinski definition) is 3. The van der Waals surface area contributed by atoms with Gasteiger partial charge in [0.1, 0.15) is 6.04 Å². The summed E-state index contributed by atoms with van der Waals surface area (Å²) in [5, 5.41) is 8.89. The molecule has 0 bridgehead atoms. The molecular formula is C11H22N2O2. The minimum atomic E-state index is -0.861. The Bertz CT molecular complexity index is 237. The summed E-state index contributed by atoms with van der Waals surface area (Å²) in [6, 6.07) is -0.181. The van der Waals surface area contributed by atoms with Gasteiger partial charge in [-0.3, -0.25) is 4.79 Å². The average Bonchev–Trinajstić information content (AvgIpc) is 2.93. The molecule has 1 saturated carbocycles. The number of hydrogen-bond donors (Lipinski definition) is 2. The maximum atomic E-state index is 10.8. The predicted octanol–water partition coefficient (Wildman–Crippen LogP) is 0.909. The van der Waals surface area contributed by atoms with E-state index < -0.39 is 12.0 Å². The summed E-state index contributed by atoms with van der Waals surface area (Å²) in [6.07, 6.45) is 2.83. The van der Waals surface area contributed by atoms with Crippen molar-refractivity contribution < 1.29 is 9.90 Å². The second-order valence-electron chi connectivity index (χ2n) is 5.00. The second-order valence-corrected chi connectivity index (χ2v) is 5.00. The monoisotopic (exact) mass is 214 g/mol. The zero-order chi connectivity index (χ0) is 11.6. The van der Waals surface area contributed by atoms with Crippen LogP contribution in [0.25, 0.3) is 0 Å². The number of aliphatic carboxylic acids is 1. The van der Waals surface area contributed by atoms with Crippen molar-refractivity contribution in [3.05, 3.63) is 0 Å². The van der Waals surface area contributed by atoms with Crippen molar-refractivity contribution in [3.63, 3.8) is 0 Å². The van der Waals surface area contributed by atoms with Gasteiger partial charge >= 0.3 is 5.97 Å². The van der Waals surface area contributed by atoms with Gasteiger partial charge in [-0.2, -0.15) is 0 Å². The molecule has 0 amide bonds. The number of nitrogens with zero attached hydrogens (tertiary/aromatic N) is 1. The topological polar surface area (TPSA) is 66.6 Å². The maximum absolute atomic E-state index is 10.8. The van der Waals surface area contributed by atoms with Crippen molar-refractivity contribution in [3.8, 4) is 0 Å². The molecule has 1 rings (SSSR count). The van der Waals surface area contributed by atoms with Gasteiger partial charge in [-0.1, -0.05) is 0 Å². The van der Waals surface area contributed by atoms with Gasteiger partial charge in [0.25, 0.3) is 0 Å². The standard InChI is InChI=1S/C11H22N2O2/c1-8(2)13(3)7-6-11(4-5-11)9(12)10(14)15/h8-9H,4-7,12H2,1-3H3,(H,14,15). The molecule has 0 aromatic rings. The maximum Gasteiger partial charge on any atom is 0.321 e. The highest BCUT2D eigenvalue weighted by Crippen LogP contribution is 2.51. The van der Waals surface area contributed by atoms with Crippen LogP contribution in [0.1, 0.15) is 33.1 Å². The second kappa shape index (κ2) is 4.49. The fourth-order valence-corrected chi connectivity index (χ4v) is 1.80. The quantitative estimate of drug-likeness (QED) is 0.689. The Hall–Kier alpha value is -0.610. The third-order valence-corrected chi connectivity index (χ3v) is 3.66. The molecule has 1 unspecified atom stereocenters. The van der Waals surface area contributed by atoms with Gasteiger partial charge in [0.15, 0.2) is 0 Å². The van der Waals surface area contributed by atoms with Crippen LogP contribution >= 0.6 is 0 Å². The summed E-state index contributed by atoms with van der Waals surface area (Å²) in [5.41, 5.74) is 5.58. The fourth-order valence-electron chi connectivity index (χ4n) is 1.80. The van der Waals surface area contributed by atoms with Crippen LogP contribution in [0, 0.1) is 5.41 Å². The van der Waals surface area contributed by atoms with Crippen molar-refractivity contribution in [2.45, 2.75) is 45.2 Å². The third kappa shape index (κ3) is 2.92. The molecule has 1 atom stereocenters. The predicted molar refractivity (Wildman–Crippen MR) is 59.7 cm³/mol. The first-order chi connectivity index (χ1) is 6.89. The Kier molecular flexibility index (Phi) is 3.73. The van der Waals surface area contributed by atoms with Gasteiger partial charge < -0.3 is 15.7 Å². The first-order valence-corrected chi connectivity index (χ1v) is 5.58. The number of rotatable bonds is 6. The minimum absolute atomic E-state index is 0.116.